The van der Waals surface area contributed by atoms with Crippen LogP contribution in [0.25, 0.3) is 0 Å². The number of halogens is 1. The van der Waals surface area contributed by atoms with E-state index in [-0.39, 0.29) is 0 Å². The van der Waals surface area contributed by atoms with E-state index in [1.807, 2.05) is 0 Å². The van der Waals surface area contributed by atoms with Crippen LogP contribution >= 0.6 is 15.9 Å². The maximum atomic E-state index is 5.48. The van der Waals surface area contributed by atoms with Crippen LogP contribution in [0.4, 0.5) is 0 Å². The largest absolute Gasteiger partial charge is 0.378 e. The average molecular weight is 221 g/mol. The number of alkyl halides is 1. The van der Waals surface area contributed by atoms with Gasteiger partial charge in [-0.2, -0.15) is 0 Å². The fourth-order valence-corrected chi connectivity index (χ4v) is 2.04. The lowest BCUT2D eigenvalue weighted by Gasteiger charge is -2.37. The molecule has 1 saturated carbocycles. The molecule has 1 atom stereocenters. The van der Waals surface area contributed by atoms with Crippen molar-refractivity contribution in [2.75, 3.05) is 6.61 Å². The third-order valence-electron chi connectivity index (χ3n) is 2.44. The van der Waals surface area contributed by atoms with Crippen molar-refractivity contribution < 1.29 is 4.74 Å². The second-order valence-electron chi connectivity index (χ2n) is 3.23. The summed E-state index contributed by atoms with van der Waals surface area (Å²) in [6.07, 6.45) is 4.33. The van der Waals surface area contributed by atoms with Crippen molar-refractivity contribution in [1.82, 2.24) is 0 Å². The maximum absolute atomic E-state index is 5.48. The molecule has 0 aliphatic heterocycles. The highest BCUT2D eigenvalue weighted by Crippen LogP contribution is 2.36. The average Bonchev–Trinajstić information content (AvgIpc) is 1.94. The second kappa shape index (κ2) is 4.46. The third-order valence-corrected chi connectivity index (χ3v) is 3.83. The highest BCUT2D eigenvalue weighted by Gasteiger charge is 2.33. The topological polar surface area (TPSA) is 9.23 Å². The molecule has 0 aromatic carbocycles. The normalized spacial score (nSPS) is 33.0. The monoisotopic (exact) mass is 220 g/mol. The molecule has 1 rings (SSSR count). The number of hydrogen-bond acceptors (Lipinski definition) is 1. The van der Waals surface area contributed by atoms with Crippen LogP contribution in [0.15, 0.2) is 0 Å². The van der Waals surface area contributed by atoms with Crippen LogP contribution in [0.1, 0.15) is 33.1 Å². The van der Waals surface area contributed by atoms with E-state index in [4.69, 9.17) is 4.74 Å². The summed E-state index contributed by atoms with van der Waals surface area (Å²) in [5.41, 5.74) is 0. The molecular weight excluding hydrogens is 204 g/mol. The Balaban J connectivity index is 2.08. The molecule has 0 N–H and O–H groups in total. The molecule has 66 valence electrons. The van der Waals surface area contributed by atoms with Gasteiger partial charge in [0.05, 0.1) is 6.10 Å². The van der Waals surface area contributed by atoms with Gasteiger partial charge in [0.25, 0.3) is 0 Å². The lowest BCUT2D eigenvalue weighted by atomic mass is 9.79. The first-order valence-electron chi connectivity index (χ1n) is 4.53. The van der Waals surface area contributed by atoms with Crippen LogP contribution in [-0.4, -0.2) is 17.5 Å². The second-order valence-corrected chi connectivity index (χ2v) is 4.41. The number of rotatable bonds is 4. The van der Waals surface area contributed by atoms with E-state index < -0.39 is 0 Å². The van der Waals surface area contributed by atoms with Gasteiger partial charge in [0.15, 0.2) is 0 Å². The first kappa shape index (κ1) is 9.53. The lowest BCUT2D eigenvalue weighted by Crippen LogP contribution is -2.36. The van der Waals surface area contributed by atoms with Gasteiger partial charge in [-0.1, -0.05) is 22.9 Å². The molecule has 1 aliphatic carbocycles. The molecule has 2 heteroatoms. The third kappa shape index (κ3) is 2.45. The summed E-state index contributed by atoms with van der Waals surface area (Å²) in [4.78, 5) is 0.721. The van der Waals surface area contributed by atoms with Crippen molar-refractivity contribution in [2.45, 2.75) is 44.0 Å². The van der Waals surface area contributed by atoms with E-state index in [2.05, 4.69) is 29.8 Å². The Hall–Kier alpha value is 0.440. The molecule has 1 aliphatic rings. The maximum Gasteiger partial charge on any atom is 0.0581 e. The molecule has 0 aromatic rings. The summed E-state index contributed by atoms with van der Waals surface area (Å²) in [6.45, 7) is 5.17. The van der Waals surface area contributed by atoms with Gasteiger partial charge in [0.1, 0.15) is 0 Å². The van der Waals surface area contributed by atoms with Gasteiger partial charge in [-0.3, -0.25) is 0 Å². The molecule has 0 amide bonds. The Morgan fingerprint density at radius 3 is 2.55 bits per heavy atom. The van der Waals surface area contributed by atoms with Gasteiger partial charge in [-0.15, -0.1) is 0 Å². The van der Waals surface area contributed by atoms with E-state index >= 15 is 0 Å². The minimum atomic E-state index is 0.566. The summed E-state index contributed by atoms with van der Waals surface area (Å²) in [7, 11) is 0. The number of ether oxygens (including phenoxy) is 1. The molecule has 0 radical (unpaired) electrons. The molecule has 0 saturated heterocycles. The summed E-state index contributed by atoms with van der Waals surface area (Å²) < 4.78 is 5.48. The Labute approximate surface area is 77.6 Å². The number of hydrogen-bond donors (Lipinski definition) is 0. The van der Waals surface area contributed by atoms with Gasteiger partial charge in [0.2, 0.25) is 0 Å². The molecule has 0 spiro atoms. The Kier molecular flexibility index (Phi) is 3.86. The smallest absolute Gasteiger partial charge is 0.0581 e. The van der Waals surface area contributed by atoms with Gasteiger partial charge >= 0.3 is 0 Å². The van der Waals surface area contributed by atoms with E-state index in [0.29, 0.717) is 6.10 Å². The predicted octanol–water partition coefficient (Wildman–Crippen LogP) is 2.98. The van der Waals surface area contributed by atoms with Crippen molar-refractivity contribution in [3.05, 3.63) is 0 Å². The van der Waals surface area contributed by atoms with Crippen LogP contribution in [0.3, 0.4) is 0 Å². The minimum Gasteiger partial charge on any atom is -0.378 e. The highest BCUT2D eigenvalue weighted by molar-refractivity contribution is 9.09. The molecule has 0 aromatic heterocycles. The van der Waals surface area contributed by atoms with Crippen LogP contribution < -0.4 is 0 Å². The fraction of sp³-hybridized carbons (Fsp3) is 1.00. The zero-order valence-electron chi connectivity index (χ0n) is 7.35. The van der Waals surface area contributed by atoms with Crippen molar-refractivity contribution >= 4 is 15.9 Å². The van der Waals surface area contributed by atoms with Crippen LogP contribution in [0.5, 0.6) is 0 Å². The quantitative estimate of drug-likeness (QED) is 0.663. The van der Waals surface area contributed by atoms with E-state index in [1.165, 1.54) is 19.3 Å². The summed E-state index contributed by atoms with van der Waals surface area (Å²) in [5.74, 6) is 0.872. The zero-order valence-corrected chi connectivity index (χ0v) is 8.93. The molecule has 11 heavy (non-hydrogen) atoms. The predicted molar refractivity (Wildman–Crippen MR) is 51.1 cm³/mol. The van der Waals surface area contributed by atoms with E-state index in [1.54, 1.807) is 0 Å². The van der Waals surface area contributed by atoms with E-state index in [0.717, 1.165) is 17.4 Å². The summed E-state index contributed by atoms with van der Waals surface area (Å²) >= 11 is 3.68. The van der Waals surface area contributed by atoms with Gasteiger partial charge in [0, 0.05) is 11.4 Å². The van der Waals surface area contributed by atoms with E-state index in [9.17, 15) is 0 Å². The first-order valence-corrected chi connectivity index (χ1v) is 5.45. The highest BCUT2D eigenvalue weighted by atomic mass is 79.9. The van der Waals surface area contributed by atoms with Crippen molar-refractivity contribution in [3.63, 3.8) is 0 Å². The van der Waals surface area contributed by atoms with Crippen molar-refractivity contribution in [2.24, 2.45) is 5.92 Å². The minimum absolute atomic E-state index is 0.566. The van der Waals surface area contributed by atoms with Crippen LogP contribution in [-0.2, 0) is 4.74 Å². The van der Waals surface area contributed by atoms with Gasteiger partial charge in [-0.05, 0) is 32.1 Å². The standard InChI is InChI=1S/C9H17BrO/c1-3-9(10)7-5-8(6-7)11-4-2/h7-9H,3-6H2,1-2H3. The molecule has 1 fully saturated rings. The van der Waals surface area contributed by atoms with Gasteiger partial charge < -0.3 is 4.74 Å². The van der Waals surface area contributed by atoms with Crippen molar-refractivity contribution in [1.29, 1.82) is 0 Å². The Morgan fingerprint density at radius 1 is 1.45 bits per heavy atom. The van der Waals surface area contributed by atoms with Gasteiger partial charge in [-0.25, -0.2) is 0 Å². The van der Waals surface area contributed by atoms with Crippen LogP contribution in [0.2, 0.25) is 0 Å². The first-order chi connectivity index (χ1) is 5.27. The summed E-state index contributed by atoms with van der Waals surface area (Å²) in [6, 6.07) is 0. The lowest BCUT2D eigenvalue weighted by molar-refractivity contribution is -0.0243. The Bertz CT molecular complexity index is 110. The van der Waals surface area contributed by atoms with Crippen LogP contribution in [0, 0.1) is 5.92 Å². The summed E-state index contributed by atoms with van der Waals surface area (Å²) in [5, 5.41) is 0. The molecule has 1 nitrogen and oxygen atoms in total. The fourth-order valence-electron chi connectivity index (χ4n) is 1.61. The Morgan fingerprint density at radius 2 is 2.09 bits per heavy atom. The molecule has 0 bridgehead atoms. The zero-order chi connectivity index (χ0) is 8.27. The van der Waals surface area contributed by atoms with Crippen molar-refractivity contribution in [3.8, 4) is 0 Å². The molecule has 0 heterocycles. The SMILES string of the molecule is CCOC1CC(C(Br)CC)C1. The molecule has 1 unspecified atom stereocenters. The molecular formula is C9H17BrO.